The van der Waals surface area contributed by atoms with Crippen molar-refractivity contribution in [3.8, 4) is 0 Å². The summed E-state index contributed by atoms with van der Waals surface area (Å²) in [6.07, 6.45) is 2.85. The molecule has 0 aliphatic rings. The van der Waals surface area contributed by atoms with Crippen LogP contribution >= 0.6 is 0 Å². The number of hydrogen-bond acceptors (Lipinski definition) is 2. The average molecular weight is 290 g/mol. The molecule has 21 heavy (non-hydrogen) atoms. The molecule has 1 amide bonds. The predicted molar refractivity (Wildman–Crippen MR) is 90.6 cm³/mol. The van der Waals surface area contributed by atoms with Crippen LogP contribution in [-0.4, -0.2) is 11.9 Å². The number of nitrogens with two attached hydrogens (primary N) is 1. The fraction of sp³-hybridized carbons (Fsp3) is 0.611. The van der Waals surface area contributed by atoms with E-state index in [0.717, 1.165) is 30.5 Å². The molecule has 118 valence electrons. The number of aryl methyl sites for hydroxylation is 1. The zero-order chi connectivity index (χ0) is 16.0. The lowest BCUT2D eigenvalue weighted by Gasteiger charge is -2.19. The molecule has 0 aliphatic heterocycles. The van der Waals surface area contributed by atoms with Gasteiger partial charge in [-0.05, 0) is 43.7 Å². The highest BCUT2D eigenvalue weighted by Crippen LogP contribution is 2.28. The minimum atomic E-state index is 0.0170. The maximum Gasteiger partial charge on any atom is 0.227 e. The summed E-state index contributed by atoms with van der Waals surface area (Å²) >= 11 is 0. The molecule has 1 aromatic rings. The summed E-state index contributed by atoms with van der Waals surface area (Å²) in [6.45, 7) is 10.3. The van der Waals surface area contributed by atoms with Crippen LogP contribution < -0.4 is 11.1 Å². The van der Waals surface area contributed by atoms with Gasteiger partial charge in [-0.2, -0.15) is 0 Å². The van der Waals surface area contributed by atoms with Crippen LogP contribution in [0, 0.1) is 12.8 Å². The normalized spacial score (nSPS) is 14.0. The molecule has 0 aliphatic carbocycles. The van der Waals surface area contributed by atoms with Gasteiger partial charge >= 0.3 is 0 Å². The number of amides is 1. The van der Waals surface area contributed by atoms with Gasteiger partial charge in [-0.15, -0.1) is 0 Å². The van der Waals surface area contributed by atoms with Crippen LogP contribution in [0.15, 0.2) is 18.2 Å². The summed E-state index contributed by atoms with van der Waals surface area (Å²) in [5, 5.41) is 3.13. The van der Waals surface area contributed by atoms with Gasteiger partial charge in [0.05, 0.1) is 0 Å². The minimum absolute atomic E-state index is 0.0170. The molecule has 0 aromatic heterocycles. The fourth-order valence-electron chi connectivity index (χ4n) is 2.47. The molecule has 0 bridgehead atoms. The van der Waals surface area contributed by atoms with E-state index < -0.39 is 0 Å². The maximum absolute atomic E-state index is 12.4. The van der Waals surface area contributed by atoms with Crippen molar-refractivity contribution in [1.29, 1.82) is 0 Å². The topological polar surface area (TPSA) is 55.1 Å². The molecule has 3 N–H and O–H groups in total. The number of carbonyl (C=O) groups is 1. The summed E-state index contributed by atoms with van der Waals surface area (Å²) < 4.78 is 0. The van der Waals surface area contributed by atoms with E-state index in [0.29, 0.717) is 5.92 Å². The second kappa shape index (κ2) is 8.18. The molecule has 0 saturated carbocycles. The van der Waals surface area contributed by atoms with Crippen LogP contribution in [0.4, 0.5) is 5.69 Å². The van der Waals surface area contributed by atoms with E-state index in [1.807, 2.05) is 32.9 Å². The number of benzene rings is 1. The van der Waals surface area contributed by atoms with Gasteiger partial charge in [-0.3, -0.25) is 4.79 Å². The first-order chi connectivity index (χ1) is 9.82. The van der Waals surface area contributed by atoms with Gasteiger partial charge in [0.1, 0.15) is 0 Å². The third kappa shape index (κ3) is 5.50. The van der Waals surface area contributed by atoms with Crippen LogP contribution in [-0.2, 0) is 4.79 Å². The molecule has 1 rings (SSSR count). The van der Waals surface area contributed by atoms with Crippen LogP contribution in [0.3, 0.4) is 0 Å². The predicted octanol–water partition coefficient (Wildman–Crippen LogP) is 4.21. The fourth-order valence-corrected chi connectivity index (χ4v) is 2.47. The minimum Gasteiger partial charge on any atom is -0.328 e. The summed E-state index contributed by atoms with van der Waals surface area (Å²) in [4.78, 5) is 12.4. The van der Waals surface area contributed by atoms with Gasteiger partial charge in [-0.25, -0.2) is 0 Å². The lowest BCUT2D eigenvalue weighted by atomic mass is 9.97. The highest BCUT2D eigenvalue weighted by molar-refractivity contribution is 5.93. The molecule has 2 atom stereocenters. The zero-order valence-corrected chi connectivity index (χ0v) is 14.1. The van der Waals surface area contributed by atoms with Crippen LogP contribution in [0.5, 0.6) is 0 Å². The standard InChI is InChI=1S/C18H30N2O/c1-12(2)16-11-7-8-13(3)17(16)20-18(21)14(4)9-6-10-15(5)19/h7-8,11-12,14-15H,6,9-10,19H2,1-5H3,(H,20,21). The summed E-state index contributed by atoms with van der Waals surface area (Å²) in [7, 11) is 0. The zero-order valence-electron chi connectivity index (χ0n) is 14.1. The van der Waals surface area contributed by atoms with Crippen molar-refractivity contribution in [2.75, 3.05) is 5.32 Å². The Morgan fingerprint density at radius 2 is 1.86 bits per heavy atom. The first kappa shape index (κ1) is 17.7. The Hall–Kier alpha value is -1.35. The first-order valence-corrected chi connectivity index (χ1v) is 7.98. The van der Waals surface area contributed by atoms with Crippen molar-refractivity contribution >= 4 is 11.6 Å². The number of rotatable bonds is 7. The van der Waals surface area contributed by atoms with E-state index in [1.165, 1.54) is 5.56 Å². The van der Waals surface area contributed by atoms with E-state index in [1.54, 1.807) is 0 Å². The second-order valence-electron chi connectivity index (χ2n) is 6.49. The summed E-state index contributed by atoms with van der Waals surface area (Å²) in [6, 6.07) is 6.40. The third-order valence-electron chi connectivity index (χ3n) is 3.92. The van der Waals surface area contributed by atoms with E-state index in [-0.39, 0.29) is 17.9 Å². The summed E-state index contributed by atoms with van der Waals surface area (Å²) in [5.74, 6) is 0.521. The van der Waals surface area contributed by atoms with Gasteiger partial charge in [-0.1, -0.05) is 45.4 Å². The molecule has 0 saturated heterocycles. The monoisotopic (exact) mass is 290 g/mol. The Morgan fingerprint density at radius 1 is 1.19 bits per heavy atom. The molecule has 3 heteroatoms. The van der Waals surface area contributed by atoms with E-state index >= 15 is 0 Å². The highest BCUT2D eigenvalue weighted by Gasteiger charge is 2.16. The first-order valence-electron chi connectivity index (χ1n) is 7.98. The van der Waals surface area contributed by atoms with Gasteiger partial charge in [0.2, 0.25) is 5.91 Å². The van der Waals surface area contributed by atoms with E-state index in [4.69, 9.17) is 5.73 Å². The van der Waals surface area contributed by atoms with Gasteiger partial charge in [0.25, 0.3) is 0 Å². The van der Waals surface area contributed by atoms with Crippen LogP contribution in [0.2, 0.25) is 0 Å². The molecule has 0 spiro atoms. The van der Waals surface area contributed by atoms with Crippen molar-refractivity contribution in [3.63, 3.8) is 0 Å². The van der Waals surface area contributed by atoms with Crippen molar-refractivity contribution < 1.29 is 4.79 Å². The van der Waals surface area contributed by atoms with Crippen molar-refractivity contribution in [3.05, 3.63) is 29.3 Å². The van der Waals surface area contributed by atoms with Gasteiger partial charge in [0.15, 0.2) is 0 Å². The molecule has 3 nitrogen and oxygen atoms in total. The van der Waals surface area contributed by atoms with Crippen LogP contribution in [0.1, 0.15) is 64.0 Å². The largest absolute Gasteiger partial charge is 0.328 e. The second-order valence-corrected chi connectivity index (χ2v) is 6.49. The number of hydrogen-bond donors (Lipinski definition) is 2. The van der Waals surface area contributed by atoms with E-state index in [2.05, 4.69) is 25.2 Å². The Bertz CT molecular complexity index is 466. The lowest BCUT2D eigenvalue weighted by molar-refractivity contribution is -0.119. The molecule has 0 radical (unpaired) electrons. The number of anilines is 1. The van der Waals surface area contributed by atoms with Crippen molar-refractivity contribution in [2.24, 2.45) is 11.7 Å². The molecular weight excluding hydrogens is 260 g/mol. The quantitative estimate of drug-likeness (QED) is 0.790. The smallest absolute Gasteiger partial charge is 0.227 e. The molecule has 2 unspecified atom stereocenters. The van der Waals surface area contributed by atoms with Crippen molar-refractivity contribution in [1.82, 2.24) is 0 Å². The molecule has 0 fully saturated rings. The highest BCUT2D eigenvalue weighted by atomic mass is 16.1. The SMILES string of the molecule is Cc1cccc(C(C)C)c1NC(=O)C(C)CCCC(C)N. The Labute approximate surface area is 129 Å². The van der Waals surface area contributed by atoms with Gasteiger partial charge in [0, 0.05) is 17.6 Å². The number of carbonyl (C=O) groups excluding carboxylic acids is 1. The molecule has 0 heterocycles. The lowest BCUT2D eigenvalue weighted by Crippen LogP contribution is -2.22. The average Bonchev–Trinajstić information content (AvgIpc) is 2.40. The molecular formula is C18H30N2O. The Kier molecular flexibility index (Phi) is 6.90. The summed E-state index contributed by atoms with van der Waals surface area (Å²) in [5.41, 5.74) is 9.06. The van der Waals surface area contributed by atoms with E-state index in [9.17, 15) is 4.79 Å². The molecule has 1 aromatic carbocycles. The van der Waals surface area contributed by atoms with Crippen molar-refractivity contribution in [2.45, 2.75) is 65.8 Å². The third-order valence-corrected chi connectivity index (χ3v) is 3.92. The van der Waals surface area contributed by atoms with Gasteiger partial charge < -0.3 is 11.1 Å². The Balaban J connectivity index is 2.70. The Morgan fingerprint density at radius 3 is 2.43 bits per heavy atom. The number of para-hydroxylation sites is 1. The van der Waals surface area contributed by atoms with Crippen LogP contribution in [0.25, 0.3) is 0 Å². The number of nitrogens with one attached hydrogen (secondary N) is 1. The maximum atomic E-state index is 12.4.